The summed E-state index contributed by atoms with van der Waals surface area (Å²) >= 11 is 0.133. The van der Waals surface area contributed by atoms with Crippen molar-refractivity contribution in [1.29, 1.82) is 0 Å². The van der Waals surface area contributed by atoms with E-state index in [0.29, 0.717) is 0 Å². The van der Waals surface area contributed by atoms with Crippen molar-refractivity contribution in [2.75, 3.05) is 6.61 Å². The zero-order valence-electron chi connectivity index (χ0n) is 12.2. The summed E-state index contributed by atoms with van der Waals surface area (Å²) in [7, 11) is 0. The molecule has 0 rings (SSSR count). The van der Waals surface area contributed by atoms with Crippen LogP contribution in [0.4, 0.5) is 65.9 Å². The SMILES string of the molecule is CC(I)(CO)C(F)(F)C(F)(F)C(F)(F)C(F)(F)C(F)(C(F)(F)F)C(F)(F)F. The Bertz CT molecular complexity index is 532. The molecule has 0 amide bonds. The molecule has 1 nitrogen and oxygen atoms in total. The molecule has 1 N–H and O–H groups in total. The third kappa shape index (κ3) is 3.33. The van der Waals surface area contributed by atoms with E-state index in [1.54, 1.807) is 0 Å². The molecule has 0 aromatic rings. The fourth-order valence-corrected chi connectivity index (χ4v) is 1.89. The van der Waals surface area contributed by atoms with Crippen LogP contribution >= 0.6 is 22.6 Å². The number of rotatable bonds is 6. The standard InChI is InChI=1S/C10H6F15IO/c1-3(26,2-27)5(12,13)7(16,17)8(18,19)6(14,15)4(11,9(20,21)22)10(23,24)25/h27H,2H2,1H3. The van der Waals surface area contributed by atoms with Gasteiger partial charge < -0.3 is 5.11 Å². The van der Waals surface area contributed by atoms with E-state index in [2.05, 4.69) is 0 Å². The molecular formula is C10H6F15IO. The van der Waals surface area contributed by atoms with E-state index in [-0.39, 0.29) is 29.5 Å². The summed E-state index contributed by atoms with van der Waals surface area (Å²) in [6, 6.07) is 0. The molecule has 0 aliphatic heterocycles. The highest BCUT2D eigenvalue weighted by Crippen LogP contribution is 2.65. The third-order valence-electron chi connectivity index (χ3n) is 3.35. The molecule has 164 valence electrons. The van der Waals surface area contributed by atoms with E-state index in [0.717, 1.165) is 0 Å². The van der Waals surface area contributed by atoms with Crippen molar-refractivity contribution in [1.82, 2.24) is 0 Å². The van der Waals surface area contributed by atoms with Gasteiger partial charge in [-0.2, -0.15) is 61.5 Å². The van der Waals surface area contributed by atoms with Gasteiger partial charge in [0.05, 0.1) is 6.61 Å². The summed E-state index contributed by atoms with van der Waals surface area (Å²) < 4.78 is 190. The van der Waals surface area contributed by atoms with Gasteiger partial charge in [0.15, 0.2) is 0 Å². The van der Waals surface area contributed by atoms with Gasteiger partial charge >= 0.3 is 41.7 Å². The van der Waals surface area contributed by atoms with E-state index in [1.807, 2.05) is 0 Å². The minimum atomic E-state index is -8.44. The predicted octanol–water partition coefficient (Wildman–Crippen LogP) is 5.55. The Labute approximate surface area is 153 Å². The van der Waals surface area contributed by atoms with Crippen molar-refractivity contribution in [3.05, 3.63) is 0 Å². The highest BCUT2D eigenvalue weighted by atomic mass is 127. The van der Waals surface area contributed by atoms with Crippen LogP contribution in [0.25, 0.3) is 0 Å². The van der Waals surface area contributed by atoms with Crippen LogP contribution in [0.15, 0.2) is 0 Å². The predicted molar refractivity (Wildman–Crippen MR) is 65.2 cm³/mol. The van der Waals surface area contributed by atoms with Crippen molar-refractivity contribution in [2.24, 2.45) is 0 Å². The summed E-state index contributed by atoms with van der Waals surface area (Å²) in [6.07, 6.45) is -15.9. The molecular weight excluding hydrogens is 548 g/mol. The Morgan fingerprint density at radius 3 is 1.04 bits per heavy atom. The average Bonchev–Trinajstić information content (AvgIpc) is 2.42. The summed E-state index contributed by atoms with van der Waals surface area (Å²) in [4.78, 5) is 0. The van der Waals surface area contributed by atoms with Gasteiger partial charge in [0.2, 0.25) is 0 Å². The first-order chi connectivity index (χ1) is 11.3. The van der Waals surface area contributed by atoms with Gasteiger partial charge in [-0.1, -0.05) is 22.6 Å². The Morgan fingerprint density at radius 1 is 0.556 bits per heavy atom. The summed E-state index contributed by atoms with van der Waals surface area (Å²) in [5, 5.41) is 8.49. The summed E-state index contributed by atoms with van der Waals surface area (Å²) in [6.45, 7) is -2.30. The fraction of sp³-hybridized carbons (Fsp3) is 1.00. The van der Waals surface area contributed by atoms with Crippen LogP contribution in [0.2, 0.25) is 0 Å². The number of aliphatic hydroxyl groups is 1. The van der Waals surface area contributed by atoms with Gasteiger partial charge in [0.1, 0.15) is 3.42 Å². The molecule has 0 heterocycles. The first kappa shape index (κ1) is 26.6. The molecule has 0 saturated heterocycles. The monoisotopic (exact) mass is 554 g/mol. The van der Waals surface area contributed by atoms with Crippen LogP contribution in [0.5, 0.6) is 0 Å². The molecule has 1 unspecified atom stereocenters. The molecule has 0 aliphatic rings. The van der Waals surface area contributed by atoms with E-state index in [1.165, 1.54) is 0 Å². The Morgan fingerprint density at radius 2 is 0.815 bits per heavy atom. The molecule has 0 fully saturated rings. The largest absolute Gasteiger partial charge is 0.438 e. The second-order valence-corrected chi connectivity index (χ2v) is 7.69. The van der Waals surface area contributed by atoms with Crippen molar-refractivity contribution in [3.8, 4) is 0 Å². The second kappa shape index (κ2) is 6.58. The maximum Gasteiger partial charge on any atom is 0.438 e. The summed E-state index contributed by atoms with van der Waals surface area (Å²) in [5.74, 6) is -30.9. The van der Waals surface area contributed by atoms with Crippen LogP contribution in [0.1, 0.15) is 6.92 Å². The molecule has 17 heteroatoms. The van der Waals surface area contributed by atoms with Crippen molar-refractivity contribution >= 4 is 22.6 Å². The minimum Gasteiger partial charge on any atom is -0.395 e. The second-order valence-electron chi connectivity index (χ2n) is 5.31. The first-order valence-electron chi connectivity index (χ1n) is 5.94. The Hall–Kier alpha value is -0.360. The highest BCUT2D eigenvalue weighted by Gasteiger charge is 2.96. The maximum absolute atomic E-state index is 13.6. The van der Waals surface area contributed by atoms with Crippen LogP contribution < -0.4 is 0 Å². The quantitative estimate of drug-likeness (QED) is 0.260. The molecule has 0 spiro atoms. The number of aliphatic hydroxyl groups excluding tert-OH is 1. The van der Waals surface area contributed by atoms with Gasteiger partial charge in [0, 0.05) is 0 Å². The molecule has 1 atom stereocenters. The van der Waals surface area contributed by atoms with Crippen LogP contribution in [-0.2, 0) is 0 Å². The number of hydrogen-bond acceptors (Lipinski definition) is 1. The van der Waals surface area contributed by atoms with E-state index >= 15 is 0 Å². The lowest BCUT2D eigenvalue weighted by Crippen LogP contribution is -2.76. The molecule has 0 radical (unpaired) electrons. The molecule has 0 bridgehead atoms. The minimum absolute atomic E-state index is 0.133. The van der Waals surface area contributed by atoms with Gasteiger partial charge in [-0.25, -0.2) is 4.39 Å². The zero-order chi connectivity index (χ0) is 22.7. The van der Waals surface area contributed by atoms with Gasteiger partial charge in [-0.3, -0.25) is 0 Å². The van der Waals surface area contributed by atoms with Crippen molar-refractivity contribution in [3.63, 3.8) is 0 Å². The zero-order valence-corrected chi connectivity index (χ0v) is 14.4. The topological polar surface area (TPSA) is 20.2 Å². The Balaban J connectivity index is 6.89. The van der Waals surface area contributed by atoms with E-state index in [4.69, 9.17) is 5.11 Å². The lowest BCUT2D eigenvalue weighted by molar-refractivity contribution is -0.458. The smallest absolute Gasteiger partial charge is 0.395 e. The number of alkyl halides is 16. The maximum atomic E-state index is 13.6. The number of hydrogen-bond donors (Lipinski definition) is 1. The highest BCUT2D eigenvalue weighted by molar-refractivity contribution is 14.1. The lowest BCUT2D eigenvalue weighted by atomic mass is 9.83. The molecule has 27 heavy (non-hydrogen) atoms. The van der Waals surface area contributed by atoms with Gasteiger partial charge in [-0.15, -0.1) is 0 Å². The van der Waals surface area contributed by atoms with Crippen LogP contribution in [-0.4, -0.2) is 56.8 Å². The number of halogens is 16. The van der Waals surface area contributed by atoms with Gasteiger partial charge in [-0.05, 0) is 6.92 Å². The first-order valence-corrected chi connectivity index (χ1v) is 7.02. The lowest BCUT2D eigenvalue weighted by Gasteiger charge is -2.45. The summed E-state index contributed by atoms with van der Waals surface area (Å²) in [5.41, 5.74) is -8.31. The molecule has 0 aromatic carbocycles. The normalized spacial score (nSPS) is 18.4. The van der Waals surface area contributed by atoms with E-state index < -0.39 is 51.7 Å². The van der Waals surface area contributed by atoms with Crippen molar-refractivity contribution < 1.29 is 71.0 Å². The third-order valence-corrected chi connectivity index (χ3v) is 4.37. The van der Waals surface area contributed by atoms with E-state index in [9.17, 15) is 65.9 Å². The van der Waals surface area contributed by atoms with Crippen LogP contribution in [0, 0.1) is 0 Å². The van der Waals surface area contributed by atoms with Crippen LogP contribution in [0.3, 0.4) is 0 Å². The average molecular weight is 554 g/mol. The molecule has 0 aromatic heterocycles. The molecule has 0 aliphatic carbocycles. The Kier molecular flexibility index (Phi) is 6.49. The van der Waals surface area contributed by atoms with Gasteiger partial charge in [0.25, 0.3) is 0 Å². The van der Waals surface area contributed by atoms with Crippen molar-refractivity contribution in [2.45, 2.75) is 52.1 Å². The molecule has 0 saturated carbocycles. The fourth-order valence-electron chi connectivity index (χ4n) is 1.55.